The zero-order valence-corrected chi connectivity index (χ0v) is 11.5. The van der Waals surface area contributed by atoms with E-state index in [4.69, 9.17) is 4.74 Å². The number of carbonyl (C=O) groups excluding carboxylic acids is 2. The summed E-state index contributed by atoms with van der Waals surface area (Å²) >= 11 is 0. The van der Waals surface area contributed by atoms with Gasteiger partial charge in [-0.1, -0.05) is 6.92 Å². The lowest BCUT2D eigenvalue weighted by molar-refractivity contribution is -0.141. The van der Waals surface area contributed by atoms with Crippen molar-refractivity contribution in [2.75, 3.05) is 27.3 Å². The van der Waals surface area contributed by atoms with Gasteiger partial charge in [0.05, 0.1) is 13.7 Å². The summed E-state index contributed by atoms with van der Waals surface area (Å²) in [5, 5.41) is 0. The molecule has 0 aliphatic carbocycles. The molecule has 1 aromatic rings. The lowest BCUT2D eigenvalue weighted by Gasteiger charge is -2.15. The van der Waals surface area contributed by atoms with Crippen LogP contribution in [0.25, 0.3) is 0 Å². The van der Waals surface area contributed by atoms with E-state index in [0.717, 1.165) is 12.2 Å². The van der Waals surface area contributed by atoms with Gasteiger partial charge in [0.1, 0.15) is 12.3 Å². The van der Waals surface area contributed by atoms with Crippen molar-refractivity contribution in [3.8, 4) is 5.75 Å². The first-order chi connectivity index (χ1) is 9.08. The molecule has 19 heavy (non-hydrogen) atoms. The Morgan fingerprint density at radius 1 is 1.21 bits per heavy atom. The van der Waals surface area contributed by atoms with Crippen LogP contribution in [0.5, 0.6) is 5.75 Å². The largest absolute Gasteiger partial charge is 0.494 e. The van der Waals surface area contributed by atoms with Gasteiger partial charge in [-0.25, -0.2) is 0 Å². The van der Waals surface area contributed by atoms with Gasteiger partial charge in [-0.2, -0.15) is 0 Å². The molecule has 0 aliphatic rings. The summed E-state index contributed by atoms with van der Waals surface area (Å²) in [5.41, 5.74) is 0.509. The Morgan fingerprint density at radius 3 is 2.37 bits per heavy atom. The number of amides is 1. The maximum Gasteiger partial charge on any atom is 0.325 e. The highest BCUT2D eigenvalue weighted by Gasteiger charge is 2.14. The molecule has 0 saturated carbocycles. The summed E-state index contributed by atoms with van der Waals surface area (Å²) in [7, 11) is 2.85. The summed E-state index contributed by atoms with van der Waals surface area (Å²) in [6, 6.07) is 6.85. The Bertz CT molecular complexity index is 428. The van der Waals surface area contributed by atoms with Crippen LogP contribution in [0.1, 0.15) is 23.7 Å². The number of hydrogen-bond acceptors (Lipinski definition) is 4. The minimum Gasteiger partial charge on any atom is -0.494 e. The standard InChI is InChI=1S/C14H19NO4/c1-4-9-19-12-7-5-11(6-8-12)14(17)15(2)10-13(16)18-3/h5-8H,4,9-10H2,1-3H3. The predicted octanol–water partition coefficient (Wildman–Crippen LogP) is 1.72. The molecule has 0 N–H and O–H groups in total. The molecule has 0 aliphatic heterocycles. The van der Waals surface area contributed by atoms with Gasteiger partial charge in [0.2, 0.25) is 0 Å². The summed E-state index contributed by atoms with van der Waals surface area (Å²) in [6.07, 6.45) is 0.933. The van der Waals surface area contributed by atoms with Crippen LogP contribution in [0, 0.1) is 0 Å². The molecule has 5 nitrogen and oxygen atoms in total. The Labute approximate surface area is 113 Å². The van der Waals surface area contributed by atoms with Crippen molar-refractivity contribution in [3.05, 3.63) is 29.8 Å². The maximum absolute atomic E-state index is 12.0. The number of ether oxygens (including phenoxy) is 2. The summed E-state index contributed by atoms with van der Waals surface area (Å²) < 4.78 is 9.95. The minimum absolute atomic E-state index is 0.0661. The van der Waals surface area contributed by atoms with Gasteiger partial charge in [0.25, 0.3) is 5.91 Å². The van der Waals surface area contributed by atoms with E-state index >= 15 is 0 Å². The van der Waals surface area contributed by atoms with E-state index in [1.54, 1.807) is 31.3 Å². The van der Waals surface area contributed by atoms with Crippen LogP contribution in [0.3, 0.4) is 0 Å². The molecule has 0 radical (unpaired) electrons. The third-order valence-electron chi connectivity index (χ3n) is 2.51. The van der Waals surface area contributed by atoms with Crippen molar-refractivity contribution >= 4 is 11.9 Å². The quantitative estimate of drug-likeness (QED) is 0.735. The third kappa shape index (κ3) is 4.62. The Morgan fingerprint density at radius 2 is 1.84 bits per heavy atom. The topological polar surface area (TPSA) is 55.8 Å². The molecule has 0 atom stereocenters. The zero-order chi connectivity index (χ0) is 14.3. The molecule has 5 heteroatoms. The number of benzene rings is 1. The second kappa shape index (κ2) is 7.41. The second-order valence-electron chi connectivity index (χ2n) is 4.11. The number of carbonyl (C=O) groups is 2. The first-order valence-electron chi connectivity index (χ1n) is 6.13. The van der Waals surface area contributed by atoms with Gasteiger partial charge >= 0.3 is 5.97 Å². The number of nitrogens with zero attached hydrogens (tertiary/aromatic N) is 1. The smallest absolute Gasteiger partial charge is 0.325 e. The average Bonchev–Trinajstić information content (AvgIpc) is 2.44. The van der Waals surface area contributed by atoms with E-state index in [1.807, 2.05) is 6.92 Å². The first kappa shape index (κ1) is 15.0. The van der Waals surface area contributed by atoms with Crippen LogP contribution in [0.4, 0.5) is 0 Å². The van der Waals surface area contributed by atoms with Gasteiger partial charge in [-0.15, -0.1) is 0 Å². The number of likely N-dealkylation sites (N-methyl/N-ethyl adjacent to an activating group) is 1. The fraction of sp³-hybridized carbons (Fsp3) is 0.429. The molecular weight excluding hydrogens is 246 g/mol. The highest BCUT2D eigenvalue weighted by atomic mass is 16.5. The van der Waals surface area contributed by atoms with E-state index in [0.29, 0.717) is 12.2 Å². The molecule has 1 amide bonds. The average molecular weight is 265 g/mol. The van der Waals surface area contributed by atoms with Crippen molar-refractivity contribution in [3.63, 3.8) is 0 Å². The Balaban J connectivity index is 2.64. The molecule has 0 heterocycles. The highest BCUT2D eigenvalue weighted by Crippen LogP contribution is 2.13. The molecule has 1 aromatic carbocycles. The fourth-order valence-electron chi connectivity index (χ4n) is 1.46. The molecule has 0 unspecified atom stereocenters. The van der Waals surface area contributed by atoms with Crippen LogP contribution in [-0.4, -0.2) is 44.1 Å². The first-order valence-corrected chi connectivity index (χ1v) is 6.13. The predicted molar refractivity (Wildman–Crippen MR) is 71.2 cm³/mol. The van der Waals surface area contributed by atoms with Gasteiger partial charge in [0.15, 0.2) is 0 Å². The Hall–Kier alpha value is -2.04. The van der Waals surface area contributed by atoms with Gasteiger partial charge in [0, 0.05) is 12.6 Å². The van der Waals surface area contributed by atoms with E-state index in [2.05, 4.69) is 4.74 Å². The lowest BCUT2D eigenvalue weighted by atomic mass is 10.2. The summed E-state index contributed by atoms with van der Waals surface area (Å²) in [4.78, 5) is 24.4. The van der Waals surface area contributed by atoms with Crippen LogP contribution in [-0.2, 0) is 9.53 Å². The van der Waals surface area contributed by atoms with Crippen molar-refractivity contribution in [2.45, 2.75) is 13.3 Å². The number of methoxy groups -OCH3 is 1. The molecule has 0 aromatic heterocycles. The zero-order valence-electron chi connectivity index (χ0n) is 11.5. The number of hydrogen-bond donors (Lipinski definition) is 0. The van der Waals surface area contributed by atoms with Gasteiger partial charge in [-0.05, 0) is 30.7 Å². The minimum atomic E-state index is -0.446. The summed E-state index contributed by atoms with van der Waals surface area (Å²) in [6.45, 7) is 2.61. The van der Waals surface area contributed by atoms with Crippen molar-refractivity contribution in [1.29, 1.82) is 0 Å². The normalized spacial score (nSPS) is 9.84. The van der Waals surface area contributed by atoms with Crippen LogP contribution >= 0.6 is 0 Å². The van der Waals surface area contributed by atoms with E-state index in [-0.39, 0.29) is 12.5 Å². The van der Waals surface area contributed by atoms with E-state index in [1.165, 1.54) is 12.0 Å². The van der Waals surface area contributed by atoms with E-state index in [9.17, 15) is 9.59 Å². The van der Waals surface area contributed by atoms with Gasteiger partial charge in [-0.3, -0.25) is 9.59 Å². The molecule has 1 rings (SSSR count). The summed E-state index contributed by atoms with van der Waals surface area (Å²) in [5.74, 6) is 0.0558. The Kier molecular flexibility index (Phi) is 5.85. The van der Waals surface area contributed by atoms with Crippen LogP contribution in [0.15, 0.2) is 24.3 Å². The third-order valence-corrected chi connectivity index (χ3v) is 2.51. The second-order valence-corrected chi connectivity index (χ2v) is 4.11. The molecule has 0 bridgehead atoms. The maximum atomic E-state index is 12.0. The highest BCUT2D eigenvalue weighted by molar-refractivity contribution is 5.95. The van der Waals surface area contributed by atoms with E-state index < -0.39 is 5.97 Å². The monoisotopic (exact) mass is 265 g/mol. The number of rotatable bonds is 6. The van der Waals surface area contributed by atoms with Crippen LogP contribution < -0.4 is 4.74 Å². The van der Waals surface area contributed by atoms with Crippen molar-refractivity contribution < 1.29 is 19.1 Å². The van der Waals surface area contributed by atoms with Crippen LogP contribution in [0.2, 0.25) is 0 Å². The molecule has 104 valence electrons. The number of esters is 1. The van der Waals surface area contributed by atoms with Crippen molar-refractivity contribution in [1.82, 2.24) is 4.90 Å². The molecule has 0 spiro atoms. The van der Waals surface area contributed by atoms with Gasteiger partial charge < -0.3 is 14.4 Å². The molecule has 0 saturated heterocycles. The fourth-order valence-corrected chi connectivity index (χ4v) is 1.46. The SMILES string of the molecule is CCCOc1ccc(C(=O)N(C)CC(=O)OC)cc1. The van der Waals surface area contributed by atoms with Crippen molar-refractivity contribution in [2.24, 2.45) is 0 Å². The lowest BCUT2D eigenvalue weighted by Crippen LogP contribution is -2.32. The molecular formula is C14H19NO4. The molecule has 0 fully saturated rings.